The molecule has 2 N–H and O–H groups in total. The van der Waals surface area contributed by atoms with Crippen LogP contribution in [0.5, 0.6) is 0 Å². The molecule has 0 amide bonds. The van der Waals surface area contributed by atoms with Crippen molar-refractivity contribution in [2.24, 2.45) is 0 Å². The van der Waals surface area contributed by atoms with Crippen LogP contribution in [0.15, 0.2) is 0 Å². The van der Waals surface area contributed by atoms with Gasteiger partial charge in [0.25, 0.3) is 0 Å². The molecule has 1 saturated heterocycles. The maximum absolute atomic E-state index is 11.6. The molecule has 0 radical (unpaired) electrons. The van der Waals surface area contributed by atoms with Crippen molar-refractivity contribution in [1.82, 2.24) is 4.31 Å². The van der Waals surface area contributed by atoms with E-state index in [2.05, 4.69) is 0 Å². The van der Waals surface area contributed by atoms with Gasteiger partial charge < -0.3 is 10.2 Å². The second-order valence-corrected chi connectivity index (χ2v) is 6.07. The van der Waals surface area contributed by atoms with Gasteiger partial charge in [-0.1, -0.05) is 0 Å². The first-order valence-electron chi connectivity index (χ1n) is 4.58. The van der Waals surface area contributed by atoms with E-state index in [1.807, 2.05) is 0 Å². The minimum Gasteiger partial charge on any atom is -0.480 e. The van der Waals surface area contributed by atoms with Crippen molar-refractivity contribution in [3.05, 3.63) is 0 Å². The minimum atomic E-state index is -3.83. The van der Waals surface area contributed by atoms with Gasteiger partial charge in [0.1, 0.15) is 0 Å². The van der Waals surface area contributed by atoms with Crippen molar-refractivity contribution in [2.45, 2.75) is 31.9 Å². The summed E-state index contributed by atoms with van der Waals surface area (Å²) in [6.45, 7) is 3.35. The van der Waals surface area contributed by atoms with Crippen LogP contribution < -0.4 is 0 Å². The Hall–Kier alpha value is -0.660. The fourth-order valence-corrected chi connectivity index (χ4v) is 3.47. The zero-order chi connectivity index (χ0) is 11.9. The lowest BCUT2D eigenvalue weighted by atomic mass is 10.0. The smallest absolute Gasteiger partial charge is 0.320 e. The minimum absolute atomic E-state index is 0.170. The van der Waals surface area contributed by atoms with Gasteiger partial charge in [0.15, 0.2) is 5.75 Å². The Balaban J connectivity index is 2.95. The molecule has 0 aromatic rings. The third-order valence-corrected chi connectivity index (χ3v) is 4.64. The Morgan fingerprint density at radius 2 is 2.07 bits per heavy atom. The van der Waals surface area contributed by atoms with Gasteiger partial charge in [-0.15, -0.1) is 0 Å². The number of rotatable bonds is 3. The molecule has 0 saturated carbocycles. The largest absolute Gasteiger partial charge is 0.480 e. The lowest BCUT2D eigenvalue weighted by Crippen LogP contribution is -2.49. The fraction of sp³-hybridized carbons (Fsp3) is 0.875. The first-order chi connectivity index (χ1) is 6.68. The molecule has 1 heterocycles. The molecule has 15 heavy (non-hydrogen) atoms. The van der Waals surface area contributed by atoms with E-state index in [4.69, 9.17) is 5.11 Å². The fourth-order valence-electron chi connectivity index (χ4n) is 1.78. The molecular weight excluding hydrogens is 222 g/mol. The number of sulfonamides is 1. The van der Waals surface area contributed by atoms with Crippen molar-refractivity contribution in [1.29, 1.82) is 0 Å². The number of carbonyl (C=O) groups is 1. The van der Waals surface area contributed by atoms with Crippen molar-refractivity contribution in [3.63, 3.8) is 0 Å². The van der Waals surface area contributed by atoms with E-state index in [1.165, 1.54) is 0 Å². The quantitative estimate of drug-likeness (QED) is 0.673. The molecule has 1 atom stereocenters. The third kappa shape index (κ3) is 2.30. The summed E-state index contributed by atoms with van der Waals surface area (Å²) in [5, 5.41) is 18.0. The zero-order valence-electron chi connectivity index (χ0n) is 8.67. The molecule has 1 aliphatic rings. The van der Waals surface area contributed by atoms with Crippen LogP contribution in [0.2, 0.25) is 0 Å². The summed E-state index contributed by atoms with van der Waals surface area (Å²) < 4.78 is 24.3. The van der Waals surface area contributed by atoms with E-state index in [-0.39, 0.29) is 6.54 Å². The van der Waals surface area contributed by atoms with Gasteiger partial charge in [-0.25, -0.2) is 8.42 Å². The average Bonchev–Trinajstić information content (AvgIpc) is 2.24. The number of nitrogens with zero attached hydrogens (tertiary/aromatic N) is 1. The molecule has 1 unspecified atom stereocenters. The summed E-state index contributed by atoms with van der Waals surface area (Å²) in [5.41, 5.74) is -0.922. The van der Waals surface area contributed by atoms with E-state index in [0.717, 1.165) is 4.31 Å². The maximum Gasteiger partial charge on any atom is 0.320 e. The first kappa shape index (κ1) is 12.4. The Labute approximate surface area is 88.6 Å². The van der Waals surface area contributed by atoms with Crippen LogP contribution in [0.1, 0.15) is 20.3 Å². The first-order valence-corrected chi connectivity index (χ1v) is 6.19. The molecule has 0 aromatic carbocycles. The normalized spacial score (nSPS) is 26.7. The van der Waals surface area contributed by atoms with Crippen LogP contribution in [0.4, 0.5) is 0 Å². The lowest BCUT2D eigenvalue weighted by Gasteiger charge is -2.32. The van der Waals surface area contributed by atoms with Gasteiger partial charge in [-0.3, -0.25) is 4.79 Å². The van der Waals surface area contributed by atoms with Crippen molar-refractivity contribution >= 4 is 16.0 Å². The van der Waals surface area contributed by atoms with Gasteiger partial charge >= 0.3 is 5.97 Å². The van der Waals surface area contributed by atoms with E-state index in [9.17, 15) is 18.3 Å². The van der Waals surface area contributed by atoms with Crippen LogP contribution in [-0.2, 0) is 14.8 Å². The number of hydrogen-bond donors (Lipinski definition) is 2. The van der Waals surface area contributed by atoms with Gasteiger partial charge in [-0.05, 0) is 20.3 Å². The highest BCUT2D eigenvalue weighted by Crippen LogP contribution is 2.31. The van der Waals surface area contributed by atoms with Gasteiger partial charge in [-0.2, -0.15) is 4.31 Å². The van der Waals surface area contributed by atoms with Crippen LogP contribution in [0, 0.1) is 0 Å². The van der Waals surface area contributed by atoms with Gasteiger partial charge in [0.2, 0.25) is 10.0 Å². The molecule has 1 rings (SSSR count). The molecule has 0 spiro atoms. The van der Waals surface area contributed by atoms with Crippen LogP contribution in [0.3, 0.4) is 0 Å². The molecule has 0 bridgehead atoms. The van der Waals surface area contributed by atoms with Crippen LogP contribution >= 0.6 is 0 Å². The monoisotopic (exact) mass is 237 g/mol. The number of hydrogen-bond acceptors (Lipinski definition) is 4. The van der Waals surface area contributed by atoms with Gasteiger partial charge in [0.05, 0.1) is 11.6 Å². The zero-order valence-corrected chi connectivity index (χ0v) is 9.49. The predicted octanol–water partition coefficient (Wildman–Crippen LogP) is -0.754. The Kier molecular flexibility index (Phi) is 3.09. The Morgan fingerprint density at radius 3 is 2.40 bits per heavy atom. The van der Waals surface area contributed by atoms with Crippen molar-refractivity contribution < 1.29 is 23.4 Å². The Bertz CT molecular complexity index is 361. The van der Waals surface area contributed by atoms with E-state index < -0.39 is 33.4 Å². The summed E-state index contributed by atoms with van der Waals surface area (Å²) in [6, 6.07) is 0. The molecule has 0 aromatic heterocycles. The number of carboxylic acids is 1. The molecule has 88 valence electrons. The molecule has 6 nitrogen and oxygen atoms in total. The maximum atomic E-state index is 11.6. The number of aliphatic hydroxyl groups is 1. The highest BCUT2D eigenvalue weighted by molar-refractivity contribution is 7.89. The highest BCUT2D eigenvalue weighted by atomic mass is 32.2. The molecule has 0 aliphatic carbocycles. The third-order valence-electron chi connectivity index (χ3n) is 2.71. The van der Waals surface area contributed by atoms with Crippen molar-refractivity contribution in [3.8, 4) is 0 Å². The number of aliphatic hydroxyl groups excluding tert-OH is 1. The van der Waals surface area contributed by atoms with Crippen LogP contribution in [-0.4, -0.2) is 52.8 Å². The van der Waals surface area contributed by atoms with E-state index in [0.29, 0.717) is 6.42 Å². The standard InChI is InChI=1S/C8H15NO5S/c1-8(2)6(10)3-4-9(8)15(13,14)5-7(11)12/h6,10H,3-5H2,1-2H3,(H,11,12). The molecule has 1 aliphatic heterocycles. The number of carboxylic acid groups (broad SMARTS) is 1. The highest BCUT2D eigenvalue weighted by Gasteiger charge is 2.46. The average molecular weight is 237 g/mol. The lowest BCUT2D eigenvalue weighted by molar-refractivity contribution is -0.134. The number of aliphatic carboxylic acids is 1. The summed E-state index contributed by atoms with van der Waals surface area (Å²) in [5.74, 6) is -2.31. The molecule has 7 heteroatoms. The topological polar surface area (TPSA) is 94.9 Å². The molecular formula is C8H15NO5S. The summed E-state index contributed by atoms with van der Waals surface area (Å²) >= 11 is 0. The van der Waals surface area contributed by atoms with E-state index in [1.54, 1.807) is 13.8 Å². The molecule has 1 fully saturated rings. The van der Waals surface area contributed by atoms with E-state index >= 15 is 0 Å². The summed E-state index contributed by atoms with van der Waals surface area (Å²) in [4.78, 5) is 10.4. The summed E-state index contributed by atoms with van der Waals surface area (Å²) in [6.07, 6.45) is -0.410. The second-order valence-electron chi connectivity index (χ2n) is 4.18. The van der Waals surface area contributed by atoms with Crippen molar-refractivity contribution in [2.75, 3.05) is 12.3 Å². The second kappa shape index (κ2) is 3.73. The predicted molar refractivity (Wildman–Crippen MR) is 52.8 cm³/mol. The summed E-state index contributed by atoms with van der Waals surface area (Å²) in [7, 11) is -3.83. The SMILES string of the molecule is CC1(C)C(O)CCN1S(=O)(=O)CC(=O)O. The Morgan fingerprint density at radius 1 is 1.53 bits per heavy atom. The van der Waals surface area contributed by atoms with Gasteiger partial charge in [0, 0.05) is 6.54 Å². The van der Waals surface area contributed by atoms with Crippen LogP contribution in [0.25, 0.3) is 0 Å².